The SMILES string of the molecule is COc1cc(C=NNC(=O)c2[nH]c3c(Cl)cccc3c2-c2ccccc2)ccc1OC(=O)c1ccc(C)cc1. The fourth-order valence-corrected chi connectivity index (χ4v) is 4.40. The van der Waals surface area contributed by atoms with Gasteiger partial charge in [0.2, 0.25) is 0 Å². The van der Waals surface area contributed by atoms with Gasteiger partial charge in [0, 0.05) is 10.9 Å². The number of amides is 1. The number of para-hydroxylation sites is 1. The lowest BCUT2D eigenvalue weighted by Crippen LogP contribution is -2.18. The molecule has 7 nitrogen and oxygen atoms in total. The van der Waals surface area contributed by atoms with Crippen LogP contribution in [0.4, 0.5) is 0 Å². The summed E-state index contributed by atoms with van der Waals surface area (Å²) in [5.74, 6) is -0.295. The number of hydrazone groups is 1. The molecular weight excluding hydrogens is 514 g/mol. The van der Waals surface area contributed by atoms with Crippen LogP contribution in [0, 0.1) is 6.92 Å². The van der Waals surface area contributed by atoms with E-state index in [2.05, 4.69) is 15.5 Å². The third-order valence-corrected chi connectivity index (χ3v) is 6.44. The van der Waals surface area contributed by atoms with Gasteiger partial charge in [-0.05, 0) is 54.4 Å². The van der Waals surface area contributed by atoms with E-state index in [0.717, 1.165) is 22.1 Å². The van der Waals surface area contributed by atoms with E-state index < -0.39 is 11.9 Å². The number of fused-ring (bicyclic) bond motifs is 1. The molecule has 0 bridgehead atoms. The summed E-state index contributed by atoms with van der Waals surface area (Å²) < 4.78 is 10.9. The molecule has 0 aliphatic heterocycles. The lowest BCUT2D eigenvalue weighted by molar-refractivity contribution is 0.0729. The number of aryl methyl sites for hydroxylation is 1. The molecule has 39 heavy (non-hydrogen) atoms. The molecular formula is C31H24ClN3O4. The van der Waals surface area contributed by atoms with Crippen molar-refractivity contribution in [3.8, 4) is 22.6 Å². The van der Waals surface area contributed by atoms with Crippen molar-refractivity contribution >= 4 is 40.6 Å². The molecule has 8 heteroatoms. The highest BCUT2D eigenvalue weighted by atomic mass is 35.5. The number of carbonyl (C=O) groups excluding carboxylic acids is 2. The minimum Gasteiger partial charge on any atom is -0.493 e. The minimum absolute atomic E-state index is 0.270. The van der Waals surface area contributed by atoms with Crippen molar-refractivity contribution in [3.63, 3.8) is 0 Å². The van der Waals surface area contributed by atoms with Gasteiger partial charge in [-0.3, -0.25) is 4.79 Å². The van der Waals surface area contributed by atoms with Crippen LogP contribution in [0.2, 0.25) is 5.02 Å². The van der Waals surface area contributed by atoms with E-state index >= 15 is 0 Å². The topological polar surface area (TPSA) is 92.8 Å². The molecule has 0 saturated heterocycles. The first-order valence-corrected chi connectivity index (χ1v) is 12.5. The first-order valence-electron chi connectivity index (χ1n) is 12.1. The molecule has 4 aromatic carbocycles. The Morgan fingerprint density at radius 1 is 0.923 bits per heavy atom. The Morgan fingerprint density at radius 2 is 1.69 bits per heavy atom. The molecule has 194 valence electrons. The number of hydrogen-bond acceptors (Lipinski definition) is 5. The van der Waals surface area contributed by atoms with Crippen molar-refractivity contribution in [2.45, 2.75) is 6.92 Å². The number of aromatic nitrogens is 1. The summed E-state index contributed by atoms with van der Waals surface area (Å²) in [6.07, 6.45) is 1.48. The molecule has 0 unspecified atom stereocenters. The van der Waals surface area contributed by atoms with Crippen LogP contribution in [0.5, 0.6) is 11.5 Å². The summed E-state index contributed by atoms with van der Waals surface area (Å²) in [7, 11) is 1.48. The van der Waals surface area contributed by atoms with E-state index in [-0.39, 0.29) is 5.75 Å². The predicted octanol–water partition coefficient (Wildman–Crippen LogP) is 6.79. The first-order chi connectivity index (χ1) is 18.9. The van der Waals surface area contributed by atoms with Crippen molar-refractivity contribution in [1.82, 2.24) is 10.4 Å². The maximum atomic E-state index is 13.2. The number of rotatable bonds is 7. The number of halogens is 1. The van der Waals surface area contributed by atoms with Crippen molar-refractivity contribution in [3.05, 3.63) is 118 Å². The van der Waals surface area contributed by atoms with Crippen molar-refractivity contribution in [2.75, 3.05) is 7.11 Å². The minimum atomic E-state index is -0.491. The molecule has 5 rings (SSSR count). The normalized spacial score (nSPS) is 11.1. The quantitative estimate of drug-likeness (QED) is 0.103. The van der Waals surface area contributed by atoms with Crippen LogP contribution >= 0.6 is 11.6 Å². The van der Waals surface area contributed by atoms with E-state index in [1.165, 1.54) is 13.3 Å². The van der Waals surface area contributed by atoms with Crippen LogP contribution < -0.4 is 14.9 Å². The number of ether oxygens (including phenoxy) is 2. The second kappa shape index (κ2) is 11.2. The van der Waals surface area contributed by atoms with Crippen LogP contribution in [-0.2, 0) is 0 Å². The fraction of sp³-hybridized carbons (Fsp3) is 0.0645. The summed E-state index contributed by atoms with van der Waals surface area (Å²) in [6.45, 7) is 1.94. The molecule has 5 aromatic rings. The summed E-state index contributed by atoms with van der Waals surface area (Å²) >= 11 is 6.40. The standard InChI is InChI=1S/C31H24ClN3O4/c1-19-11-14-22(15-12-19)31(37)39-25-16-13-20(17-26(25)38-2)18-33-35-30(36)29-27(21-7-4-3-5-8-21)23-9-6-10-24(32)28(23)34-29/h3-18,34H,1-2H3,(H,35,36). The van der Waals surface area contributed by atoms with E-state index in [4.69, 9.17) is 21.1 Å². The molecule has 0 radical (unpaired) electrons. The number of hydrogen-bond donors (Lipinski definition) is 2. The third-order valence-electron chi connectivity index (χ3n) is 6.13. The van der Waals surface area contributed by atoms with Crippen LogP contribution in [0.25, 0.3) is 22.0 Å². The molecule has 0 fully saturated rings. The van der Waals surface area contributed by atoms with Crippen LogP contribution in [0.1, 0.15) is 32.0 Å². The number of carbonyl (C=O) groups is 2. The van der Waals surface area contributed by atoms with Crippen molar-refractivity contribution in [2.24, 2.45) is 5.10 Å². The van der Waals surface area contributed by atoms with Crippen LogP contribution in [-0.4, -0.2) is 30.2 Å². The second-order valence-electron chi connectivity index (χ2n) is 8.77. The van der Waals surface area contributed by atoms with Gasteiger partial charge in [0.15, 0.2) is 11.5 Å². The summed E-state index contributed by atoms with van der Waals surface area (Å²) in [4.78, 5) is 28.8. The number of methoxy groups -OCH3 is 1. The summed E-state index contributed by atoms with van der Waals surface area (Å²) in [6, 6.07) is 27.2. The number of H-pyrrole nitrogens is 1. The zero-order valence-corrected chi connectivity index (χ0v) is 22.0. The van der Waals surface area contributed by atoms with E-state index in [0.29, 0.717) is 33.1 Å². The van der Waals surface area contributed by atoms with Gasteiger partial charge in [0.05, 0.1) is 29.4 Å². The Morgan fingerprint density at radius 3 is 2.44 bits per heavy atom. The number of nitrogens with zero attached hydrogens (tertiary/aromatic N) is 1. The second-order valence-corrected chi connectivity index (χ2v) is 9.18. The van der Waals surface area contributed by atoms with Gasteiger partial charge in [0.1, 0.15) is 5.69 Å². The lowest BCUT2D eigenvalue weighted by Gasteiger charge is -2.10. The van der Waals surface area contributed by atoms with Crippen molar-refractivity contribution < 1.29 is 19.1 Å². The Labute approximate surface area is 230 Å². The predicted molar refractivity (Wildman–Crippen MR) is 153 cm³/mol. The highest BCUT2D eigenvalue weighted by molar-refractivity contribution is 6.36. The van der Waals surface area contributed by atoms with Crippen LogP contribution in [0.3, 0.4) is 0 Å². The Hall–Kier alpha value is -4.88. The van der Waals surface area contributed by atoms with E-state index in [1.54, 1.807) is 36.4 Å². The van der Waals surface area contributed by atoms with Gasteiger partial charge in [-0.2, -0.15) is 5.10 Å². The number of nitrogens with one attached hydrogen (secondary N) is 2. The zero-order valence-electron chi connectivity index (χ0n) is 21.2. The highest BCUT2D eigenvalue weighted by Crippen LogP contribution is 2.35. The first kappa shape index (κ1) is 25.8. The van der Waals surface area contributed by atoms with E-state index in [9.17, 15) is 9.59 Å². The number of aromatic amines is 1. The molecule has 1 heterocycles. The number of esters is 1. The maximum absolute atomic E-state index is 13.2. The molecule has 0 aliphatic carbocycles. The molecule has 0 atom stereocenters. The molecule has 1 amide bonds. The number of benzene rings is 4. The summed E-state index contributed by atoms with van der Waals surface area (Å²) in [5, 5.41) is 5.48. The van der Waals surface area contributed by atoms with Gasteiger partial charge >= 0.3 is 5.97 Å². The monoisotopic (exact) mass is 537 g/mol. The molecule has 0 spiro atoms. The van der Waals surface area contributed by atoms with Crippen LogP contribution in [0.15, 0.2) is 96.1 Å². The average molecular weight is 538 g/mol. The molecule has 0 aliphatic rings. The highest BCUT2D eigenvalue weighted by Gasteiger charge is 2.20. The van der Waals surface area contributed by atoms with Gasteiger partial charge in [-0.15, -0.1) is 0 Å². The smallest absolute Gasteiger partial charge is 0.343 e. The molecule has 1 aromatic heterocycles. The maximum Gasteiger partial charge on any atom is 0.343 e. The fourth-order valence-electron chi connectivity index (χ4n) is 4.18. The van der Waals surface area contributed by atoms with Gasteiger partial charge < -0.3 is 14.5 Å². The van der Waals surface area contributed by atoms with Crippen molar-refractivity contribution in [1.29, 1.82) is 0 Å². The molecule has 2 N–H and O–H groups in total. The molecule has 0 saturated carbocycles. The Kier molecular flexibility index (Phi) is 7.43. The third kappa shape index (κ3) is 5.54. The van der Waals surface area contributed by atoms with Gasteiger partial charge in [0.25, 0.3) is 5.91 Å². The van der Waals surface area contributed by atoms with Gasteiger partial charge in [-0.1, -0.05) is 71.8 Å². The largest absolute Gasteiger partial charge is 0.493 e. The Bertz CT molecular complexity index is 1690. The lowest BCUT2D eigenvalue weighted by atomic mass is 10.0. The van der Waals surface area contributed by atoms with Gasteiger partial charge in [-0.25, -0.2) is 10.2 Å². The summed E-state index contributed by atoms with van der Waals surface area (Å²) in [5.41, 5.74) is 7.32. The zero-order chi connectivity index (χ0) is 27.4. The van der Waals surface area contributed by atoms with E-state index in [1.807, 2.05) is 61.5 Å². The Balaban J connectivity index is 1.35. The average Bonchev–Trinajstić information content (AvgIpc) is 3.35.